The van der Waals surface area contributed by atoms with Gasteiger partial charge in [0, 0.05) is 5.69 Å². The van der Waals surface area contributed by atoms with E-state index in [2.05, 4.69) is 5.32 Å². The molecule has 2 rings (SSSR count). The number of anilines is 1. The number of carbonyl (C=O) groups is 2. The van der Waals surface area contributed by atoms with Gasteiger partial charge in [0.1, 0.15) is 5.76 Å². The van der Waals surface area contributed by atoms with Crippen LogP contribution in [-0.4, -0.2) is 24.2 Å². The molecule has 0 spiro atoms. The lowest BCUT2D eigenvalue weighted by Crippen LogP contribution is -2.14. The second-order valence-corrected chi connectivity index (χ2v) is 6.31. The largest absolute Gasteiger partial charge is 0.460 e. The van der Waals surface area contributed by atoms with Crippen LogP contribution in [0.4, 0.5) is 5.69 Å². The third-order valence-corrected chi connectivity index (χ3v) is 4.36. The zero-order valence-electron chi connectivity index (χ0n) is 14.0. The first-order chi connectivity index (χ1) is 11.5. The van der Waals surface area contributed by atoms with E-state index in [1.54, 1.807) is 19.1 Å². The Morgan fingerprint density at radius 2 is 1.96 bits per heavy atom. The normalized spacial score (nSPS) is 10.5. The van der Waals surface area contributed by atoms with Crippen molar-refractivity contribution in [2.45, 2.75) is 26.5 Å². The molecule has 0 bridgehead atoms. The predicted molar refractivity (Wildman–Crippen MR) is 95.4 cm³/mol. The van der Waals surface area contributed by atoms with E-state index in [0.29, 0.717) is 23.9 Å². The fourth-order valence-corrected chi connectivity index (χ4v) is 2.74. The van der Waals surface area contributed by atoms with Gasteiger partial charge in [-0.15, -0.1) is 11.8 Å². The van der Waals surface area contributed by atoms with Crippen molar-refractivity contribution in [3.63, 3.8) is 0 Å². The van der Waals surface area contributed by atoms with Gasteiger partial charge in [-0.1, -0.05) is 6.07 Å². The number of ether oxygens (including phenoxy) is 1. The van der Waals surface area contributed by atoms with Crippen LogP contribution < -0.4 is 5.32 Å². The molecule has 1 heterocycles. The second-order valence-electron chi connectivity index (χ2n) is 5.33. The average Bonchev–Trinajstić information content (AvgIpc) is 3.00. The molecule has 1 aromatic carbocycles. The lowest BCUT2D eigenvalue weighted by atomic mass is 10.1. The maximum Gasteiger partial charge on any atom is 0.374 e. The monoisotopic (exact) mass is 347 g/mol. The molecule has 6 heteroatoms. The summed E-state index contributed by atoms with van der Waals surface area (Å²) in [6.45, 7) is 6.09. The van der Waals surface area contributed by atoms with E-state index in [0.717, 1.165) is 11.3 Å². The first-order valence-electron chi connectivity index (χ1n) is 7.70. The van der Waals surface area contributed by atoms with Crippen molar-refractivity contribution in [1.82, 2.24) is 0 Å². The van der Waals surface area contributed by atoms with Crippen LogP contribution in [0.25, 0.3) is 0 Å². The van der Waals surface area contributed by atoms with E-state index in [9.17, 15) is 9.59 Å². The van der Waals surface area contributed by atoms with E-state index in [4.69, 9.17) is 9.15 Å². The number of furan rings is 1. The van der Waals surface area contributed by atoms with Crippen LogP contribution in [0.15, 0.2) is 34.7 Å². The summed E-state index contributed by atoms with van der Waals surface area (Å²) < 4.78 is 10.3. The summed E-state index contributed by atoms with van der Waals surface area (Å²) in [5.41, 5.74) is 3.13. The second kappa shape index (κ2) is 8.59. The molecule has 1 N–H and O–H groups in total. The first-order valence-corrected chi connectivity index (χ1v) is 8.85. The summed E-state index contributed by atoms with van der Waals surface area (Å²) in [5, 5.41) is 2.87. The fraction of sp³-hybridized carbons (Fsp3) is 0.333. The van der Waals surface area contributed by atoms with Crippen LogP contribution in [0.1, 0.15) is 34.4 Å². The van der Waals surface area contributed by atoms with Gasteiger partial charge in [0.2, 0.25) is 11.7 Å². The number of rotatable bonds is 7. The minimum absolute atomic E-state index is 0.0691. The smallest absolute Gasteiger partial charge is 0.374 e. The van der Waals surface area contributed by atoms with Gasteiger partial charge >= 0.3 is 5.97 Å². The summed E-state index contributed by atoms with van der Waals surface area (Å²) in [6, 6.07) is 9.14. The number of aryl methyl sites for hydroxylation is 2. The van der Waals surface area contributed by atoms with Gasteiger partial charge in [0.05, 0.1) is 18.1 Å². The summed E-state index contributed by atoms with van der Waals surface area (Å²) in [5.74, 6) is 1.11. The minimum atomic E-state index is -0.471. The topological polar surface area (TPSA) is 68.5 Å². The summed E-state index contributed by atoms with van der Waals surface area (Å²) >= 11 is 1.42. The van der Waals surface area contributed by atoms with E-state index >= 15 is 0 Å². The molecule has 0 fully saturated rings. The molecule has 0 aliphatic carbocycles. The Morgan fingerprint density at radius 3 is 2.67 bits per heavy atom. The highest BCUT2D eigenvalue weighted by Gasteiger charge is 2.12. The molecular weight excluding hydrogens is 326 g/mol. The van der Waals surface area contributed by atoms with E-state index in [-0.39, 0.29) is 11.7 Å². The first kappa shape index (κ1) is 18.1. The van der Waals surface area contributed by atoms with Gasteiger partial charge in [0.15, 0.2) is 0 Å². The number of carbonyl (C=O) groups excluding carboxylic acids is 2. The SMILES string of the molecule is CCOC(=O)c1ccc(CSCC(=O)Nc2ccc(C)c(C)c2)o1. The maximum atomic E-state index is 12.0. The molecule has 24 heavy (non-hydrogen) atoms. The number of thioether (sulfide) groups is 1. The molecule has 0 saturated carbocycles. The van der Waals surface area contributed by atoms with Crippen LogP contribution in [0, 0.1) is 13.8 Å². The Bertz CT molecular complexity index is 724. The third kappa shape index (κ3) is 5.16. The van der Waals surface area contributed by atoms with Crippen molar-refractivity contribution in [2.75, 3.05) is 17.7 Å². The maximum absolute atomic E-state index is 12.0. The Labute approximate surface area is 145 Å². The van der Waals surface area contributed by atoms with E-state index < -0.39 is 5.97 Å². The molecule has 2 aromatic rings. The van der Waals surface area contributed by atoms with Crippen LogP contribution in [0.3, 0.4) is 0 Å². The van der Waals surface area contributed by atoms with Crippen molar-refractivity contribution in [2.24, 2.45) is 0 Å². The predicted octanol–water partition coefficient (Wildman–Crippen LogP) is 3.95. The number of hydrogen-bond donors (Lipinski definition) is 1. The zero-order valence-corrected chi connectivity index (χ0v) is 14.9. The van der Waals surface area contributed by atoms with Gasteiger partial charge in [-0.05, 0) is 56.2 Å². The van der Waals surface area contributed by atoms with E-state index in [1.165, 1.54) is 17.3 Å². The molecule has 0 unspecified atom stereocenters. The van der Waals surface area contributed by atoms with Gasteiger partial charge in [0.25, 0.3) is 0 Å². The average molecular weight is 347 g/mol. The summed E-state index contributed by atoms with van der Waals surface area (Å²) in [7, 11) is 0. The van der Waals surface area contributed by atoms with Crippen molar-refractivity contribution in [3.8, 4) is 0 Å². The number of hydrogen-bond acceptors (Lipinski definition) is 5. The molecular formula is C18H21NO4S. The van der Waals surface area contributed by atoms with Crippen molar-refractivity contribution in [1.29, 1.82) is 0 Å². The lowest BCUT2D eigenvalue weighted by molar-refractivity contribution is -0.113. The highest BCUT2D eigenvalue weighted by Crippen LogP contribution is 2.18. The molecule has 0 atom stereocenters. The quantitative estimate of drug-likeness (QED) is 0.768. The Morgan fingerprint density at radius 1 is 1.17 bits per heavy atom. The van der Waals surface area contributed by atoms with Crippen LogP contribution in [0.5, 0.6) is 0 Å². The Hall–Kier alpha value is -2.21. The molecule has 0 saturated heterocycles. The third-order valence-electron chi connectivity index (χ3n) is 3.41. The fourth-order valence-electron chi connectivity index (χ4n) is 2.03. The molecule has 0 aliphatic rings. The molecule has 1 amide bonds. The van der Waals surface area contributed by atoms with Gasteiger partial charge < -0.3 is 14.5 Å². The van der Waals surface area contributed by atoms with Crippen molar-refractivity contribution in [3.05, 3.63) is 53.0 Å². The Balaban J connectivity index is 1.78. The Kier molecular flexibility index (Phi) is 6.49. The van der Waals surface area contributed by atoms with Crippen molar-refractivity contribution < 1.29 is 18.7 Å². The number of benzene rings is 1. The highest BCUT2D eigenvalue weighted by molar-refractivity contribution is 7.99. The summed E-state index contributed by atoms with van der Waals surface area (Å²) in [6.07, 6.45) is 0. The number of nitrogens with one attached hydrogen (secondary N) is 1. The summed E-state index contributed by atoms with van der Waals surface area (Å²) in [4.78, 5) is 23.5. The molecule has 0 radical (unpaired) electrons. The lowest BCUT2D eigenvalue weighted by Gasteiger charge is -2.07. The van der Waals surface area contributed by atoms with Crippen molar-refractivity contribution >= 4 is 29.3 Å². The van der Waals surface area contributed by atoms with Crippen LogP contribution in [-0.2, 0) is 15.3 Å². The zero-order chi connectivity index (χ0) is 17.5. The van der Waals surface area contributed by atoms with Crippen LogP contribution in [0.2, 0.25) is 0 Å². The molecule has 1 aromatic heterocycles. The minimum Gasteiger partial charge on any atom is -0.460 e. The standard InChI is InChI=1S/C18H21NO4S/c1-4-22-18(21)16-8-7-15(23-16)10-24-11-17(20)19-14-6-5-12(2)13(3)9-14/h5-9H,4,10-11H2,1-3H3,(H,19,20). The van der Waals surface area contributed by atoms with Crippen LogP contribution >= 0.6 is 11.8 Å². The number of esters is 1. The van der Waals surface area contributed by atoms with Gasteiger partial charge in [-0.3, -0.25) is 4.79 Å². The number of amides is 1. The van der Waals surface area contributed by atoms with Gasteiger partial charge in [-0.25, -0.2) is 4.79 Å². The highest BCUT2D eigenvalue weighted by atomic mass is 32.2. The van der Waals surface area contributed by atoms with Gasteiger partial charge in [-0.2, -0.15) is 0 Å². The van der Waals surface area contributed by atoms with E-state index in [1.807, 2.05) is 32.0 Å². The molecule has 128 valence electrons. The molecule has 5 nitrogen and oxygen atoms in total. The molecule has 0 aliphatic heterocycles.